The van der Waals surface area contributed by atoms with Gasteiger partial charge in [-0.25, -0.2) is 17.9 Å². The van der Waals surface area contributed by atoms with E-state index in [2.05, 4.69) is 30.6 Å². The highest BCUT2D eigenvalue weighted by atomic mass is 32.2. The number of nitriles is 1. The Morgan fingerprint density at radius 2 is 2.00 bits per heavy atom. The minimum Gasteiger partial charge on any atom is -0.393 e. The van der Waals surface area contributed by atoms with Gasteiger partial charge in [0.1, 0.15) is 16.1 Å². The maximum absolute atomic E-state index is 13.4. The summed E-state index contributed by atoms with van der Waals surface area (Å²) < 4.78 is 64.8. The number of hydrogen-bond donors (Lipinski definition) is 0. The van der Waals surface area contributed by atoms with Gasteiger partial charge in [-0.2, -0.15) is 15.3 Å². The second kappa shape index (κ2) is 6.41. The average Bonchev–Trinajstić information content (AvgIpc) is 3.28. The SMILES string of the molecule is CCS(=O)(=O)c1c(-c2nc3cc4c(nc3n2C)OC(F)(F)O4)nn2cc(C3(C#N)CC3)ccc12. The Balaban J connectivity index is 1.59. The first-order chi connectivity index (χ1) is 16.1. The van der Waals surface area contributed by atoms with Crippen LogP contribution in [0.25, 0.3) is 28.2 Å². The Labute approximate surface area is 191 Å². The minimum atomic E-state index is -3.82. The van der Waals surface area contributed by atoms with Crippen molar-refractivity contribution in [3.63, 3.8) is 0 Å². The van der Waals surface area contributed by atoms with Crippen LogP contribution in [-0.2, 0) is 22.3 Å². The molecule has 0 atom stereocenters. The lowest BCUT2D eigenvalue weighted by Crippen LogP contribution is -2.26. The van der Waals surface area contributed by atoms with E-state index in [0.29, 0.717) is 5.52 Å². The fourth-order valence-corrected chi connectivity index (χ4v) is 5.39. The van der Waals surface area contributed by atoms with E-state index in [1.54, 1.807) is 25.4 Å². The van der Waals surface area contributed by atoms with E-state index in [1.165, 1.54) is 22.1 Å². The number of imidazole rings is 1. The molecule has 1 aliphatic carbocycles. The normalized spacial score (nSPS) is 17.9. The summed E-state index contributed by atoms with van der Waals surface area (Å²) in [5.74, 6) is -0.649. The number of halogens is 2. The number of nitrogens with zero attached hydrogens (tertiary/aromatic N) is 6. The summed E-state index contributed by atoms with van der Waals surface area (Å²) in [4.78, 5) is 8.51. The standard InChI is InChI=1S/C21H16F2N6O4S/c1-3-34(30,31)16-13-5-4-11(20(10-24)6-7-20)9-29(13)27-15(16)18-25-12-8-14-19(26-17(12)28(18)2)33-21(22,23)32-14/h4-5,8-9H,3,6-7H2,1-2H3. The predicted octanol–water partition coefficient (Wildman–Crippen LogP) is 2.95. The minimum absolute atomic E-state index is 0.00617. The van der Waals surface area contributed by atoms with Crippen molar-refractivity contribution in [3.8, 4) is 29.2 Å². The van der Waals surface area contributed by atoms with Gasteiger partial charge in [0.05, 0.1) is 22.8 Å². The molecule has 34 heavy (non-hydrogen) atoms. The highest BCUT2D eigenvalue weighted by molar-refractivity contribution is 7.91. The van der Waals surface area contributed by atoms with Gasteiger partial charge in [-0.1, -0.05) is 13.0 Å². The van der Waals surface area contributed by atoms with Gasteiger partial charge in [-0.05, 0) is 24.5 Å². The molecule has 0 saturated heterocycles. The van der Waals surface area contributed by atoms with Crippen molar-refractivity contribution in [3.05, 3.63) is 30.0 Å². The van der Waals surface area contributed by atoms with Crippen molar-refractivity contribution in [2.24, 2.45) is 7.05 Å². The zero-order chi connectivity index (χ0) is 24.0. The van der Waals surface area contributed by atoms with Crippen LogP contribution in [0.3, 0.4) is 0 Å². The van der Waals surface area contributed by atoms with Gasteiger partial charge in [-0.15, -0.1) is 8.78 Å². The van der Waals surface area contributed by atoms with Crippen molar-refractivity contribution in [2.45, 2.75) is 36.4 Å². The van der Waals surface area contributed by atoms with Crippen LogP contribution in [0.1, 0.15) is 25.3 Å². The van der Waals surface area contributed by atoms with E-state index >= 15 is 0 Å². The Hall–Kier alpha value is -3.79. The molecule has 0 unspecified atom stereocenters. The molecule has 1 saturated carbocycles. The van der Waals surface area contributed by atoms with Crippen LogP contribution in [-0.4, -0.2) is 44.6 Å². The molecule has 4 aromatic rings. The second-order valence-corrected chi connectivity index (χ2v) is 10.5. The molecule has 4 aromatic heterocycles. The number of hydrogen-bond acceptors (Lipinski definition) is 8. The molecule has 1 aliphatic heterocycles. The molecule has 6 rings (SSSR count). The van der Waals surface area contributed by atoms with Gasteiger partial charge < -0.3 is 14.0 Å². The van der Waals surface area contributed by atoms with Crippen LogP contribution < -0.4 is 9.47 Å². The van der Waals surface area contributed by atoms with Gasteiger partial charge in [0.2, 0.25) is 0 Å². The smallest absolute Gasteiger partial charge is 0.393 e. The molecule has 0 radical (unpaired) electrons. The molecule has 13 heteroatoms. The topological polar surface area (TPSA) is 124 Å². The van der Waals surface area contributed by atoms with Gasteiger partial charge in [0.25, 0.3) is 5.88 Å². The van der Waals surface area contributed by atoms with Crippen molar-refractivity contribution in [2.75, 3.05) is 5.75 Å². The van der Waals surface area contributed by atoms with E-state index in [1.807, 2.05) is 0 Å². The number of aromatic nitrogens is 5. The second-order valence-electron chi connectivity index (χ2n) is 8.32. The van der Waals surface area contributed by atoms with E-state index in [0.717, 1.165) is 18.4 Å². The maximum Gasteiger partial charge on any atom is 0.587 e. The van der Waals surface area contributed by atoms with Crippen LogP contribution in [0.4, 0.5) is 8.78 Å². The maximum atomic E-state index is 13.4. The highest BCUT2D eigenvalue weighted by Crippen LogP contribution is 2.48. The highest BCUT2D eigenvalue weighted by Gasteiger charge is 2.46. The molecule has 0 bridgehead atoms. The van der Waals surface area contributed by atoms with Crippen molar-refractivity contribution < 1.29 is 26.7 Å². The largest absolute Gasteiger partial charge is 0.587 e. The van der Waals surface area contributed by atoms with Crippen LogP contribution in [0, 0.1) is 11.3 Å². The molecule has 1 fully saturated rings. The van der Waals surface area contributed by atoms with Crippen molar-refractivity contribution in [1.29, 1.82) is 5.26 Å². The first-order valence-electron chi connectivity index (χ1n) is 10.4. The van der Waals surface area contributed by atoms with Gasteiger partial charge in [-0.3, -0.25) is 0 Å². The molecular formula is C21H16F2N6O4S. The third kappa shape index (κ3) is 2.81. The number of fused-ring (bicyclic) bond motifs is 3. The molecule has 2 aliphatic rings. The Bertz CT molecular complexity index is 1680. The number of rotatable bonds is 4. The predicted molar refractivity (Wildman–Crippen MR) is 113 cm³/mol. The molecule has 0 aromatic carbocycles. The molecule has 0 amide bonds. The molecule has 10 nitrogen and oxygen atoms in total. The van der Waals surface area contributed by atoms with E-state index in [4.69, 9.17) is 0 Å². The van der Waals surface area contributed by atoms with E-state index in [-0.39, 0.29) is 45.0 Å². The summed E-state index contributed by atoms with van der Waals surface area (Å²) in [6.45, 7) is 1.53. The quantitative estimate of drug-likeness (QED) is 0.431. The number of aryl methyl sites for hydroxylation is 1. The van der Waals surface area contributed by atoms with E-state index < -0.39 is 21.5 Å². The van der Waals surface area contributed by atoms with Gasteiger partial charge >= 0.3 is 6.29 Å². The third-order valence-corrected chi connectivity index (χ3v) is 8.01. The van der Waals surface area contributed by atoms with Gasteiger partial charge in [0, 0.05) is 19.3 Å². The first-order valence-corrected chi connectivity index (χ1v) is 12.0. The van der Waals surface area contributed by atoms with Crippen LogP contribution in [0.15, 0.2) is 29.3 Å². The molecule has 0 N–H and O–H groups in total. The summed E-state index contributed by atoms with van der Waals surface area (Å²) in [5, 5.41) is 14.1. The number of alkyl halides is 2. The summed E-state index contributed by atoms with van der Waals surface area (Å²) >= 11 is 0. The van der Waals surface area contributed by atoms with E-state index in [9.17, 15) is 22.5 Å². The van der Waals surface area contributed by atoms with Crippen LogP contribution in [0.5, 0.6) is 11.6 Å². The Morgan fingerprint density at radius 1 is 1.24 bits per heavy atom. The lowest BCUT2D eigenvalue weighted by atomic mass is 10.00. The Morgan fingerprint density at radius 3 is 2.68 bits per heavy atom. The number of sulfone groups is 1. The van der Waals surface area contributed by atoms with Gasteiger partial charge in [0.15, 0.2) is 27.1 Å². The number of ether oxygens (including phenoxy) is 2. The van der Waals surface area contributed by atoms with Crippen LogP contribution in [0.2, 0.25) is 0 Å². The zero-order valence-electron chi connectivity index (χ0n) is 17.9. The molecule has 5 heterocycles. The fourth-order valence-electron chi connectivity index (χ4n) is 4.19. The van der Waals surface area contributed by atoms with Crippen molar-refractivity contribution in [1.82, 2.24) is 24.1 Å². The Kier molecular flexibility index (Phi) is 3.92. The average molecular weight is 486 g/mol. The lowest BCUT2D eigenvalue weighted by Gasteiger charge is -2.07. The first kappa shape index (κ1) is 20.8. The zero-order valence-corrected chi connectivity index (χ0v) is 18.7. The fraction of sp³-hybridized carbons (Fsp3) is 0.333. The number of pyridine rings is 2. The molecular weight excluding hydrogens is 470 g/mol. The summed E-state index contributed by atoms with van der Waals surface area (Å²) in [6, 6.07) is 6.97. The third-order valence-electron chi connectivity index (χ3n) is 6.23. The molecule has 0 spiro atoms. The molecule has 174 valence electrons. The van der Waals surface area contributed by atoms with Crippen molar-refractivity contribution >= 4 is 26.5 Å². The monoisotopic (exact) mass is 486 g/mol. The lowest BCUT2D eigenvalue weighted by molar-refractivity contribution is -0.287. The summed E-state index contributed by atoms with van der Waals surface area (Å²) in [6.07, 6.45) is -0.691. The van der Waals surface area contributed by atoms with Crippen LogP contribution >= 0.6 is 0 Å². The summed E-state index contributed by atoms with van der Waals surface area (Å²) in [7, 11) is -2.17. The summed E-state index contributed by atoms with van der Waals surface area (Å²) in [5.41, 5.74) is 1.02.